The molecule has 0 aliphatic heterocycles. The van der Waals surface area contributed by atoms with E-state index in [4.69, 9.17) is 9.47 Å². The lowest BCUT2D eigenvalue weighted by Gasteiger charge is -2.26. The number of anilines is 1. The molecule has 4 heteroatoms. The standard InChI is InChI=1S/C17H25NO3/c1-4-13(2)21-15-9-7-14(8-10-15)18-16(19)17(20-3)11-5-6-12-17/h7-10,13H,4-6,11-12H2,1-3H3,(H,18,19)/t13-/m0/s1. The van der Waals surface area contributed by atoms with Crippen LogP contribution in [0.4, 0.5) is 5.69 Å². The van der Waals surface area contributed by atoms with Gasteiger partial charge < -0.3 is 14.8 Å². The highest BCUT2D eigenvalue weighted by Gasteiger charge is 2.41. The predicted molar refractivity (Wildman–Crippen MR) is 83.7 cm³/mol. The Kier molecular flexibility index (Phi) is 5.23. The molecule has 1 aliphatic rings. The average Bonchev–Trinajstić information content (AvgIpc) is 2.99. The maximum absolute atomic E-state index is 12.4. The SMILES string of the molecule is CC[C@H](C)Oc1ccc(NC(=O)C2(OC)CCCC2)cc1. The minimum atomic E-state index is -0.647. The maximum Gasteiger partial charge on any atom is 0.256 e. The van der Waals surface area contributed by atoms with Gasteiger partial charge in [0.1, 0.15) is 11.4 Å². The zero-order chi connectivity index (χ0) is 15.3. The van der Waals surface area contributed by atoms with Gasteiger partial charge in [-0.05, 0) is 63.3 Å². The van der Waals surface area contributed by atoms with E-state index < -0.39 is 5.60 Å². The molecule has 21 heavy (non-hydrogen) atoms. The second-order valence-electron chi connectivity index (χ2n) is 5.72. The lowest BCUT2D eigenvalue weighted by Crippen LogP contribution is -2.42. The van der Waals surface area contributed by atoms with E-state index in [1.165, 1.54) is 0 Å². The molecular weight excluding hydrogens is 266 g/mol. The highest BCUT2D eigenvalue weighted by Crippen LogP contribution is 2.33. The normalized spacial score (nSPS) is 18.2. The lowest BCUT2D eigenvalue weighted by atomic mass is 10.0. The number of carbonyl (C=O) groups is 1. The van der Waals surface area contributed by atoms with E-state index in [0.717, 1.165) is 43.5 Å². The number of amides is 1. The van der Waals surface area contributed by atoms with Gasteiger partial charge in [-0.1, -0.05) is 6.92 Å². The number of hydrogen-bond donors (Lipinski definition) is 1. The summed E-state index contributed by atoms with van der Waals surface area (Å²) in [5.74, 6) is 0.780. The van der Waals surface area contributed by atoms with Crippen LogP contribution in [0.2, 0.25) is 0 Å². The van der Waals surface area contributed by atoms with Gasteiger partial charge in [0.05, 0.1) is 6.10 Å². The van der Waals surface area contributed by atoms with Crippen LogP contribution in [-0.4, -0.2) is 24.7 Å². The fourth-order valence-corrected chi connectivity index (χ4v) is 2.65. The molecule has 1 fully saturated rings. The summed E-state index contributed by atoms with van der Waals surface area (Å²) in [7, 11) is 1.62. The van der Waals surface area contributed by atoms with Crippen molar-refractivity contribution in [2.75, 3.05) is 12.4 Å². The maximum atomic E-state index is 12.4. The minimum absolute atomic E-state index is 0.0434. The van der Waals surface area contributed by atoms with Gasteiger partial charge in [0.15, 0.2) is 0 Å². The fraction of sp³-hybridized carbons (Fsp3) is 0.588. The first kappa shape index (κ1) is 15.8. The number of nitrogens with one attached hydrogen (secondary N) is 1. The Labute approximate surface area is 126 Å². The molecule has 1 saturated carbocycles. The third-order valence-electron chi connectivity index (χ3n) is 4.24. The number of benzene rings is 1. The van der Waals surface area contributed by atoms with Crippen LogP contribution in [0.15, 0.2) is 24.3 Å². The van der Waals surface area contributed by atoms with Crippen molar-refractivity contribution in [2.24, 2.45) is 0 Å². The zero-order valence-electron chi connectivity index (χ0n) is 13.1. The van der Waals surface area contributed by atoms with Crippen LogP contribution < -0.4 is 10.1 Å². The van der Waals surface area contributed by atoms with Crippen LogP contribution in [0, 0.1) is 0 Å². The molecule has 0 heterocycles. The van der Waals surface area contributed by atoms with Crippen LogP contribution in [0.1, 0.15) is 46.0 Å². The third-order valence-corrected chi connectivity index (χ3v) is 4.24. The summed E-state index contributed by atoms with van der Waals surface area (Å²) in [6, 6.07) is 7.51. The first-order chi connectivity index (χ1) is 10.1. The summed E-state index contributed by atoms with van der Waals surface area (Å²) in [6.45, 7) is 4.13. The van der Waals surface area contributed by atoms with Crippen molar-refractivity contribution in [3.05, 3.63) is 24.3 Å². The van der Waals surface area contributed by atoms with Gasteiger partial charge in [-0.25, -0.2) is 0 Å². The minimum Gasteiger partial charge on any atom is -0.491 e. The van der Waals surface area contributed by atoms with E-state index in [0.29, 0.717) is 0 Å². The Morgan fingerprint density at radius 1 is 1.29 bits per heavy atom. The van der Waals surface area contributed by atoms with E-state index in [2.05, 4.69) is 12.2 Å². The van der Waals surface area contributed by atoms with Crippen LogP contribution in [0.3, 0.4) is 0 Å². The largest absolute Gasteiger partial charge is 0.491 e. The Morgan fingerprint density at radius 2 is 1.90 bits per heavy atom. The molecule has 0 spiro atoms. The smallest absolute Gasteiger partial charge is 0.256 e. The number of hydrogen-bond acceptors (Lipinski definition) is 3. The molecule has 0 unspecified atom stereocenters. The van der Waals surface area contributed by atoms with Gasteiger partial charge >= 0.3 is 0 Å². The second kappa shape index (κ2) is 6.94. The van der Waals surface area contributed by atoms with Gasteiger partial charge in [0.25, 0.3) is 5.91 Å². The van der Waals surface area contributed by atoms with Gasteiger partial charge in [0.2, 0.25) is 0 Å². The first-order valence-electron chi connectivity index (χ1n) is 7.73. The van der Waals surface area contributed by atoms with Crippen molar-refractivity contribution in [1.82, 2.24) is 0 Å². The van der Waals surface area contributed by atoms with Crippen LogP contribution >= 0.6 is 0 Å². The Morgan fingerprint density at radius 3 is 2.43 bits per heavy atom. The lowest BCUT2D eigenvalue weighted by molar-refractivity contribution is -0.136. The van der Waals surface area contributed by atoms with E-state index in [-0.39, 0.29) is 12.0 Å². The average molecular weight is 291 g/mol. The van der Waals surface area contributed by atoms with E-state index in [1.807, 2.05) is 31.2 Å². The van der Waals surface area contributed by atoms with Crippen molar-refractivity contribution in [3.8, 4) is 5.75 Å². The van der Waals surface area contributed by atoms with E-state index in [1.54, 1.807) is 7.11 Å². The Bertz CT molecular complexity index is 463. The van der Waals surface area contributed by atoms with Gasteiger partial charge in [-0.3, -0.25) is 4.79 Å². The van der Waals surface area contributed by atoms with Crippen molar-refractivity contribution >= 4 is 11.6 Å². The third kappa shape index (κ3) is 3.76. The molecule has 2 rings (SSSR count). The van der Waals surface area contributed by atoms with Crippen LogP contribution in [0.5, 0.6) is 5.75 Å². The fourth-order valence-electron chi connectivity index (χ4n) is 2.65. The molecule has 1 atom stereocenters. The van der Waals surface area contributed by atoms with Gasteiger partial charge in [-0.2, -0.15) is 0 Å². The Balaban J connectivity index is 1.98. The molecule has 0 bridgehead atoms. The molecule has 116 valence electrons. The molecule has 4 nitrogen and oxygen atoms in total. The van der Waals surface area contributed by atoms with Crippen molar-refractivity contribution in [2.45, 2.75) is 57.7 Å². The zero-order valence-corrected chi connectivity index (χ0v) is 13.1. The van der Waals surface area contributed by atoms with E-state index in [9.17, 15) is 4.79 Å². The Hall–Kier alpha value is -1.55. The molecule has 0 aromatic heterocycles. The molecule has 0 radical (unpaired) electrons. The molecular formula is C17H25NO3. The molecule has 1 aromatic rings. The summed E-state index contributed by atoms with van der Waals surface area (Å²) in [4.78, 5) is 12.4. The summed E-state index contributed by atoms with van der Waals surface area (Å²) in [6.07, 6.45) is 4.84. The first-order valence-corrected chi connectivity index (χ1v) is 7.73. The predicted octanol–water partition coefficient (Wildman–Crippen LogP) is 3.76. The van der Waals surface area contributed by atoms with Crippen LogP contribution in [0.25, 0.3) is 0 Å². The monoisotopic (exact) mass is 291 g/mol. The number of ether oxygens (including phenoxy) is 2. The van der Waals surface area contributed by atoms with E-state index >= 15 is 0 Å². The topological polar surface area (TPSA) is 47.6 Å². The number of methoxy groups -OCH3 is 1. The quantitative estimate of drug-likeness (QED) is 0.868. The summed E-state index contributed by atoms with van der Waals surface area (Å²) in [5.41, 5.74) is 0.131. The molecule has 1 amide bonds. The summed E-state index contributed by atoms with van der Waals surface area (Å²) >= 11 is 0. The van der Waals surface area contributed by atoms with Crippen molar-refractivity contribution < 1.29 is 14.3 Å². The second-order valence-corrected chi connectivity index (χ2v) is 5.72. The van der Waals surface area contributed by atoms with Crippen LogP contribution in [-0.2, 0) is 9.53 Å². The highest BCUT2D eigenvalue weighted by molar-refractivity contribution is 5.97. The molecule has 0 saturated heterocycles. The number of carbonyl (C=O) groups excluding carboxylic acids is 1. The van der Waals surface area contributed by atoms with Gasteiger partial charge in [-0.15, -0.1) is 0 Å². The molecule has 1 aliphatic carbocycles. The molecule has 1 aromatic carbocycles. The highest BCUT2D eigenvalue weighted by atomic mass is 16.5. The molecule has 1 N–H and O–H groups in total. The number of rotatable bonds is 6. The summed E-state index contributed by atoms with van der Waals surface area (Å²) < 4.78 is 11.2. The van der Waals surface area contributed by atoms with Crippen molar-refractivity contribution in [1.29, 1.82) is 0 Å². The van der Waals surface area contributed by atoms with Gasteiger partial charge in [0, 0.05) is 12.8 Å². The summed E-state index contributed by atoms with van der Waals surface area (Å²) in [5, 5.41) is 2.95. The van der Waals surface area contributed by atoms with Crippen molar-refractivity contribution in [3.63, 3.8) is 0 Å².